The topological polar surface area (TPSA) is 58.7 Å². The summed E-state index contributed by atoms with van der Waals surface area (Å²) in [6.45, 7) is 9.27. The number of hydrogen-bond acceptors (Lipinski definition) is 4. The third kappa shape index (κ3) is 5.94. The van der Waals surface area contributed by atoms with E-state index in [1.54, 1.807) is 6.07 Å². The van der Waals surface area contributed by atoms with Gasteiger partial charge in [0.2, 0.25) is 0 Å². The number of hydrogen-bond donors (Lipinski definition) is 2. The normalized spacial score (nSPS) is 12.9. The fourth-order valence-corrected chi connectivity index (χ4v) is 2.00. The number of nitrogen functional groups attached to an aromatic ring is 1. The fourth-order valence-electron chi connectivity index (χ4n) is 2.00. The van der Waals surface area contributed by atoms with Crippen LogP contribution in [0.5, 0.6) is 5.75 Å². The van der Waals surface area contributed by atoms with Crippen molar-refractivity contribution >= 4 is 5.69 Å². The van der Waals surface area contributed by atoms with E-state index in [2.05, 4.69) is 25.7 Å². The average molecular weight is 266 g/mol. The van der Waals surface area contributed by atoms with Crippen LogP contribution in [0.1, 0.15) is 20.8 Å². The molecule has 0 aliphatic heterocycles. The van der Waals surface area contributed by atoms with E-state index in [1.165, 1.54) is 0 Å². The minimum Gasteiger partial charge on any atom is -0.489 e. The predicted molar refractivity (Wildman–Crippen MR) is 79.3 cm³/mol. The number of nitrogens with two attached hydrogens (primary N) is 1. The zero-order valence-corrected chi connectivity index (χ0v) is 12.2. The maximum absolute atomic E-state index is 10.0. The zero-order chi connectivity index (χ0) is 14.3. The molecule has 1 aromatic carbocycles. The first kappa shape index (κ1) is 15.8. The van der Waals surface area contributed by atoms with Gasteiger partial charge < -0.3 is 20.5 Å². The van der Waals surface area contributed by atoms with Gasteiger partial charge in [-0.1, -0.05) is 32.9 Å². The first-order chi connectivity index (χ1) is 9.02. The molecule has 0 aliphatic rings. The minimum absolute atomic E-state index is 0.267. The molecule has 0 radical (unpaired) electrons. The fraction of sp³-hybridized carbons (Fsp3) is 0.600. The molecule has 108 valence electrons. The van der Waals surface area contributed by atoms with E-state index >= 15 is 0 Å². The molecular weight excluding hydrogens is 240 g/mol. The van der Waals surface area contributed by atoms with Gasteiger partial charge in [0, 0.05) is 13.1 Å². The molecule has 0 heterocycles. The molecule has 1 atom stereocenters. The molecular formula is C15H26N2O2. The van der Waals surface area contributed by atoms with Crippen molar-refractivity contribution in [2.24, 2.45) is 5.92 Å². The van der Waals surface area contributed by atoms with Crippen LogP contribution >= 0.6 is 0 Å². The molecule has 0 fully saturated rings. The molecule has 0 aromatic heterocycles. The molecule has 0 bridgehead atoms. The van der Waals surface area contributed by atoms with Gasteiger partial charge in [-0.2, -0.15) is 0 Å². The lowest BCUT2D eigenvalue weighted by atomic mass is 10.2. The molecule has 1 rings (SSSR count). The van der Waals surface area contributed by atoms with Crippen LogP contribution in [0.2, 0.25) is 0 Å². The van der Waals surface area contributed by atoms with Gasteiger partial charge in [-0.15, -0.1) is 0 Å². The molecule has 1 unspecified atom stereocenters. The molecule has 19 heavy (non-hydrogen) atoms. The van der Waals surface area contributed by atoms with Crippen LogP contribution in [0.25, 0.3) is 0 Å². The summed E-state index contributed by atoms with van der Waals surface area (Å²) < 4.78 is 5.55. The van der Waals surface area contributed by atoms with Crippen molar-refractivity contribution < 1.29 is 9.84 Å². The summed E-state index contributed by atoms with van der Waals surface area (Å²) in [7, 11) is 0. The number of benzene rings is 1. The van der Waals surface area contributed by atoms with Gasteiger partial charge in [0.25, 0.3) is 0 Å². The zero-order valence-electron chi connectivity index (χ0n) is 12.2. The summed E-state index contributed by atoms with van der Waals surface area (Å²) in [6.07, 6.45) is -0.502. The highest BCUT2D eigenvalue weighted by atomic mass is 16.5. The van der Waals surface area contributed by atoms with Crippen molar-refractivity contribution in [3.8, 4) is 5.75 Å². The molecule has 0 aliphatic carbocycles. The summed E-state index contributed by atoms with van der Waals surface area (Å²) in [5.74, 6) is 1.23. The molecule has 4 heteroatoms. The highest BCUT2D eigenvalue weighted by molar-refractivity contribution is 5.51. The number of aliphatic hydroxyl groups excluding tert-OH is 1. The SMILES string of the molecule is CCN(CC(C)C)CC(O)COc1ccccc1N. The second-order valence-electron chi connectivity index (χ2n) is 5.25. The summed E-state index contributed by atoms with van der Waals surface area (Å²) >= 11 is 0. The van der Waals surface area contributed by atoms with E-state index < -0.39 is 6.10 Å². The summed E-state index contributed by atoms with van der Waals surface area (Å²) in [4.78, 5) is 2.23. The Balaban J connectivity index is 2.38. The number of anilines is 1. The quantitative estimate of drug-likeness (QED) is 0.706. The second-order valence-corrected chi connectivity index (χ2v) is 5.25. The Labute approximate surface area is 116 Å². The van der Waals surface area contributed by atoms with E-state index in [9.17, 15) is 5.11 Å². The Morgan fingerprint density at radius 2 is 1.95 bits per heavy atom. The smallest absolute Gasteiger partial charge is 0.142 e. The number of aliphatic hydroxyl groups is 1. The molecule has 4 nitrogen and oxygen atoms in total. The van der Waals surface area contributed by atoms with E-state index in [4.69, 9.17) is 10.5 Å². The van der Waals surface area contributed by atoms with Gasteiger partial charge in [-0.05, 0) is 24.6 Å². The standard InChI is InChI=1S/C15H26N2O2/c1-4-17(9-12(2)3)10-13(18)11-19-15-8-6-5-7-14(15)16/h5-8,12-13,18H,4,9-11,16H2,1-3H3. The Morgan fingerprint density at radius 1 is 1.26 bits per heavy atom. The first-order valence-electron chi connectivity index (χ1n) is 6.90. The van der Waals surface area contributed by atoms with Crippen molar-refractivity contribution in [3.63, 3.8) is 0 Å². The highest BCUT2D eigenvalue weighted by Gasteiger charge is 2.12. The van der Waals surface area contributed by atoms with Crippen LogP contribution in [0.3, 0.4) is 0 Å². The molecule has 0 spiro atoms. The Morgan fingerprint density at radius 3 is 2.53 bits per heavy atom. The van der Waals surface area contributed by atoms with Gasteiger partial charge in [0.05, 0.1) is 5.69 Å². The Hall–Kier alpha value is -1.26. The Kier molecular flexibility index (Phi) is 6.67. The maximum Gasteiger partial charge on any atom is 0.142 e. The van der Waals surface area contributed by atoms with Gasteiger partial charge in [-0.3, -0.25) is 0 Å². The van der Waals surface area contributed by atoms with Gasteiger partial charge in [0.1, 0.15) is 18.5 Å². The number of rotatable bonds is 8. The average Bonchev–Trinajstić information content (AvgIpc) is 2.36. The van der Waals surface area contributed by atoms with Crippen molar-refractivity contribution in [1.82, 2.24) is 4.90 Å². The van der Waals surface area contributed by atoms with E-state index in [0.29, 0.717) is 23.9 Å². The lowest BCUT2D eigenvalue weighted by Crippen LogP contribution is -2.37. The first-order valence-corrected chi connectivity index (χ1v) is 6.90. The van der Waals surface area contributed by atoms with Crippen LogP contribution < -0.4 is 10.5 Å². The third-order valence-electron chi connectivity index (χ3n) is 2.89. The number of ether oxygens (including phenoxy) is 1. The van der Waals surface area contributed by atoms with E-state index in [0.717, 1.165) is 13.1 Å². The van der Waals surface area contributed by atoms with Crippen molar-refractivity contribution in [2.45, 2.75) is 26.9 Å². The van der Waals surface area contributed by atoms with Crippen molar-refractivity contribution in [3.05, 3.63) is 24.3 Å². The highest BCUT2D eigenvalue weighted by Crippen LogP contribution is 2.19. The number of para-hydroxylation sites is 2. The lowest BCUT2D eigenvalue weighted by molar-refractivity contribution is 0.0664. The summed E-state index contributed by atoms with van der Waals surface area (Å²) in [5.41, 5.74) is 6.38. The third-order valence-corrected chi connectivity index (χ3v) is 2.89. The molecule has 0 saturated heterocycles. The van der Waals surface area contributed by atoms with Crippen LogP contribution in [-0.4, -0.2) is 42.4 Å². The minimum atomic E-state index is -0.502. The lowest BCUT2D eigenvalue weighted by Gasteiger charge is -2.25. The van der Waals surface area contributed by atoms with Gasteiger partial charge >= 0.3 is 0 Å². The second kappa shape index (κ2) is 8.02. The van der Waals surface area contributed by atoms with Crippen LogP contribution in [-0.2, 0) is 0 Å². The maximum atomic E-state index is 10.0. The molecule has 0 amide bonds. The predicted octanol–water partition coefficient (Wildman–Crippen LogP) is 1.99. The number of nitrogens with zero attached hydrogens (tertiary/aromatic N) is 1. The monoisotopic (exact) mass is 266 g/mol. The van der Waals surface area contributed by atoms with Crippen LogP contribution in [0, 0.1) is 5.92 Å². The van der Waals surface area contributed by atoms with Crippen molar-refractivity contribution in [1.29, 1.82) is 0 Å². The van der Waals surface area contributed by atoms with Crippen LogP contribution in [0.15, 0.2) is 24.3 Å². The van der Waals surface area contributed by atoms with Crippen LogP contribution in [0.4, 0.5) is 5.69 Å². The van der Waals surface area contributed by atoms with E-state index in [-0.39, 0.29) is 6.61 Å². The van der Waals surface area contributed by atoms with Crippen molar-refractivity contribution in [2.75, 3.05) is 32.0 Å². The molecule has 3 N–H and O–H groups in total. The van der Waals surface area contributed by atoms with E-state index in [1.807, 2.05) is 18.2 Å². The van der Waals surface area contributed by atoms with Gasteiger partial charge in [0.15, 0.2) is 0 Å². The molecule has 0 saturated carbocycles. The Bertz CT molecular complexity index is 369. The number of likely N-dealkylation sites (N-methyl/N-ethyl adjacent to an activating group) is 1. The summed E-state index contributed by atoms with van der Waals surface area (Å²) in [5, 5.41) is 10.0. The van der Waals surface area contributed by atoms with Gasteiger partial charge in [-0.25, -0.2) is 0 Å². The summed E-state index contributed by atoms with van der Waals surface area (Å²) in [6, 6.07) is 7.34. The molecule has 1 aromatic rings. The largest absolute Gasteiger partial charge is 0.489 e.